The van der Waals surface area contributed by atoms with Gasteiger partial charge in [-0.15, -0.1) is 0 Å². The number of carbonyl (C=O) groups excluding carboxylic acids is 2. The van der Waals surface area contributed by atoms with Gasteiger partial charge in [0.25, 0.3) is 0 Å². The summed E-state index contributed by atoms with van der Waals surface area (Å²) in [5.74, 6) is -0.823. The van der Waals surface area contributed by atoms with Crippen LogP contribution in [-0.4, -0.2) is 49.3 Å². The average molecular weight is 760 g/mol. The molecular weight excluding hydrogens is 677 g/mol. The van der Waals surface area contributed by atoms with Crippen LogP contribution in [0.1, 0.15) is 213 Å². The number of esters is 2. The number of nitrogens with two attached hydrogens (primary N) is 1. The first-order chi connectivity index (χ1) is 25.3. The van der Waals surface area contributed by atoms with Gasteiger partial charge in [0.05, 0.1) is 13.2 Å². The van der Waals surface area contributed by atoms with E-state index in [1.54, 1.807) is 0 Å². The van der Waals surface area contributed by atoms with Gasteiger partial charge in [0.2, 0.25) is 0 Å². The summed E-state index contributed by atoms with van der Waals surface area (Å²) in [7, 11) is -4.37. The van der Waals surface area contributed by atoms with Crippen LogP contribution < -0.4 is 5.73 Å². The largest absolute Gasteiger partial charge is 0.472 e. The third-order valence-electron chi connectivity index (χ3n) is 9.40. The predicted molar refractivity (Wildman–Crippen MR) is 215 cm³/mol. The smallest absolute Gasteiger partial charge is 0.462 e. The Hall–Kier alpha value is -1.25. The number of hydrogen-bond donors (Lipinski definition) is 2. The molecular formula is C42H82NO8P. The lowest BCUT2D eigenvalue weighted by Gasteiger charge is -2.19. The predicted octanol–water partition coefficient (Wildman–Crippen LogP) is 12.2. The first kappa shape index (κ1) is 50.8. The second-order valence-electron chi connectivity index (χ2n) is 14.6. The molecule has 0 fully saturated rings. The fraction of sp³-hybridized carbons (Fsp3) is 0.905. The number of carbonyl (C=O) groups is 2. The topological polar surface area (TPSA) is 134 Å². The zero-order valence-corrected chi connectivity index (χ0v) is 34.7. The lowest BCUT2D eigenvalue weighted by atomic mass is 10.0. The highest BCUT2D eigenvalue weighted by atomic mass is 31.2. The maximum absolute atomic E-state index is 12.6. The normalized spacial score (nSPS) is 13.4. The van der Waals surface area contributed by atoms with Gasteiger partial charge >= 0.3 is 19.8 Å². The van der Waals surface area contributed by atoms with Crippen LogP contribution in [0.15, 0.2) is 12.2 Å². The van der Waals surface area contributed by atoms with Gasteiger partial charge < -0.3 is 20.1 Å². The molecule has 0 spiro atoms. The fourth-order valence-electron chi connectivity index (χ4n) is 6.16. The van der Waals surface area contributed by atoms with Gasteiger partial charge in [0.1, 0.15) is 6.61 Å². The fourth-order valence-corrected chi connectivity index (χ4v) is 6.92. The Labute approximate surface area is 319 Å². The maximum atomic E-state index is 12.6. The summed E-state index contributed by atoms with van der Waals surface area (Å²) >= 11 is 0. The molecule has 0 aromatic carbocycles. The van der Waals surface area contributed by atoms with E-state index >= 15 is 0 Å². The molecule has 0 amide bonds. The number of hydrogen-bond acceptors (Lipinski definition) is 8. The van der Waals surface area contributed by atoms with E-state index in [9.17, 15) is 19.0 Å². The summed E-state index contributed by atoms with van der Waals surface area (Å²) in [6.07, 6.45) is 39.5. The Morgan fingerprint density at radius 2 is 0.942 bits per heavy atom. The van der Waals surface area contributed by atoms with E-state index in [2.05, 4.69) is 26.0 Å². The lowest BCUT2D eigenvalue weighted by Crippen LogP contribution is -2.29. The van der Waals surface area contributed by atoms with E-state index in [0.29, 0.717) is 6.42 Å². The monoisotopic (exact) mass is 760 g/mol. The molecule has 0 aliphatic carbocycles. The molecule has 10 heteroatoms. The van der Waals surface area contributed by atoms with Crippen molar-refractivity contribution in [3.05, 3.63) is 12.2 Å². The van der Waals surface area contributed by atoms with E-state index in [1.165, 1.54) is 135 Å². The number of ether oxygens (including phenoxy) is 2. The SMILES string of the molecule is CCCCCC/C=C/CCCCCCCCCC(=O)OC[C@H](COP(=O)(O)OCCN)OC(=O)CCCCCCCCCCCCCCCCCC. The van der Waals surface area contributed by atoms with E-state index in [4.69, 9.17) is 24.3 Å². The van der Waals surface area contributed by atoms with Gasteiger partial charge in [-0.05, 0) is 38.5 Å². The average Bonchev–Trinajstić information content (AvgIpc) is 3.13. The summed E-state index contributed by atoms with van der Waals surface area (Å²) < 4.78 is 32.8. The van der Waals surface area contributed by atoms with Crippen LogP contribution in [-0.2, 0) is 32.7 Å². The first-order valence-corrected chi connectivity index (χ1v) is 23.2. The molecule has 0 radical (unpaired) electrons. The van der Waals surface area contributed by atoms with Crippen LogP contribution >= 0.6 is 7.82 Å². The van der Waals surface area contributed by atoms with Crippen molar-refractivity contribution < 1.29 is 37.6 Å². The number of phosphoric acid groups is 1. The van der Waals surface area contributed by atoms with E-state index in [1.807, 2.05) is 0 Å². The molecule has 0 aliphatic rings. The Balaban J connectivity index is 4.13. The van der Waals surface area contributed by atoms with Gasteiger partial charge in [-0.25, -0.2) is 4.57 Å². The molecule has 308 valence electrons. The van der Waals surface area contributed by atoms with Crippen molar-refractivity contribution in [2.24, 2.45) is 5.73 Å². The molecule has 3 N–H and O–H groups in total. The van der Waals surface area contributed by atoms with Gasteiger partial charge in [0.15, 0.2) is 6.10 Å². The van der Waals surface area contributed by atoms with Gasteiger partial charge in [-0.3, -0.25) is 18.6 Å². The van der Waals surface area contributed by atoms with Crippen LogP contribution in [0, 0.1) is 0 Å². The van der Waals surface area contributed by atoms with Crippen molar-refractivity contribution in [3.8, 4) is 0 Å². The van der Waals surface area contributed by atoms with Crippen LogP contribution in [0.2, 0.25) is 0 Å². The second-order valence-corrected chi connectivity index (χ2v) is 16.0. The molecule has 0 saturated carbocycles. The Kier molecular flexibility index (Phi) is 38.5. The molecule has 0 aliphatic heterocycles. The van der Waals surface area contributed by atoms with E-state index in [-0.39, 0.29) is 38.6 Å². The van der Waals surface area contributed by atoms with Crippen molar-refractivity contribution in [2.45, 2.75) is 219 Å². The second kappa shape index (κ2) is 39.4. The van der Waals surface area contributed by atoms with Gasteiger partial charge in [-0.1, -0.05) is 174 Å². The number of allylic oxidation sites excluding steroid dienone is 2. The lowest BCUT2D eigenvalue weighted by molar-refractivity contribution is -0.161. The summed E-state index contributed by atoms with van der Waals surface area (Å²) in [5, 5.41) is 0. The van der Waals surface area contributed by atoms with E-state index < -0.39 is 26.5 Å². The Morgan fingerprint density at radius 1 is 0.558 bits per heavy atom. The van der Waals surface area contributed by atoms with Crippen molar-refractivity contribution >= 4 is 19.8 Å². The van der Waals surface area contributed by atoms with Crippen molar-refractivity contribution in [2.75, 3.05) is 26.4 Å². The highest BCUT2D eigenvalue weighted by Crippen LogP contribution is 2.43. The zero-order chi connectivity index (χ0) is 38.2. The highest BCUT2D eigenvalue weighted by Gasteiger charge is 2.26. The number of unbranched alkanes of at least 4 members (excludes halogenated alkanes) is 26. The minimum Gasteiger partial charge on any atom is -0.462 e. The number of phosphoric ester groups is 1. The zero-order valence-electron chi connectivity index (χ0n) is 33.8. The standard InChI is InChI=1S/C42H82NO8P/c1-3-5-7-9-11-13-15-17-19-21-23-25-27-29-31-33-35-42(45)51-40(39-50-52(46,47)49-37-36-43)38-48-41(44)34-32-30-28-26-24-22-20-18-16-14-12-10-8-6-4-2/h14,16,40H,3-13,15,17-39,43H2,1-2H3,(H,46,47)/b16-14+/t40-/m1/s1. The third-order valence-corrected chi connectivity index (χ3v) is 10.4. The van der Waals surface area contributed by atoms with Crippen molar-refractivity contribution in [1.82, 2.24) is 0 Å². The molecule has 9 nitrogen and oxygen atoms in total. The van der Waals surface area contributed by atoms with Crippen LogP contribution in [0.3, 0.4) is 0 Å². The first-order valence-electron chi connectivity index (χ1n) is 21.7. The van der Waals surface area contributed by atoms with Gasteiger partial charge in [-0.2, -0.15) is 0 Å². The quantitative estimate of drug-likeness (QED) is 0.0270. The molecule has 0 aromatic rings. The van der Waals surface area contributed by atoms with Crippen LogP contribution in [0.25, 0.3) is 0 Å². The number of rotatable bonds is 41. The van der Waals surface area contributed by atoms with E-state index in [0.717, 1.165) is 44.9 Å². The molecule has 0 bridgehead atoms. The Bertz CT molecular complexity index is 871. The van der Waals surface area contributed by atoms with Gasteiger partial charge in [0, 0.05) is 19.4 Å². The molecule has 0 aromatic heterocycles. The minimum absolute atomic E-state index is 0.0557. The maximum Gasteiger partial charge on any atom is 0.472 e. The van der Waals surface area contributed by atoms with Crippen molar-refractivity contribution in [1.29, 1.82) is 0 Å². The Morgan fingerprint density at radius 3 is 1.38 bits per heavy atom. The summed E-state index contributed by atoms with van der Waals surface area (Å²) in [4.78, 5) is 34.8. The summed E-state index contributed by atoms with van der Waals surface area (Å²) in [5.41, 5.74) is 5.34. The molecule has 2 atom stereocenters. The summed E-state index contributed by atoms with van der Waals surface area (Å²) in [6, 6.07) is 0. The molecule has 0 rings (SSSR count). The van der Waals surface area contributed by atoms with Crippen LogP contribution in [0.4, 0.5) is 0 Å². The molecule has 1 unspecified atom stereocenters. The third kappa shape index (κ3) is 38.5. The highest BCUT2D eigenvalue weighted by molar-refractivity contribution is 7.47. The summed E-state index contributed by atoms with van der Waals surface area (Å²) in [6.45, 7) is 3.74. The van der Waals surface area contributed by atoms with Crippen molar-refractivity contribution in [3.63, 3.8) is 0 Å². The molecule has 52 heavy (non-hydrogen) atoms. The van der Waals surface area contributed by atoms with Crippen LogP contribution in [0.5, 0.6) is 0 Å². The molecule has 0 heterocycles. The minimum atomic E-state index is -4.37. The molecule has 0 saturated heterocycles.